The average Bonchev–Trinajstić information content (AvgIpc) is 3.24. The number of anilines is 1. The van der Waals surface area contributed by atoms with E-state index < -0.39 is 0 Å². The Morgan fingerprint density at radius 2 is 2.00 bits per heavy atom. The van der Waals surface area contributed by atoms with Gasteiger partial charge in [0.2, 0.25) is 0 Å². The van der Waals surface area contributed by atoms with Gasteiger partial charge in [0, 0.05) is 57.2 Å². The quantitative estimate of drug-likeness (QED) is 0.541. The monoisotopic (exact) mass is 383 g/mol. The van der Waals surface area contributed by atoms with Gasteiger partial charge in [-0.25, -0.2) is 0 Å². The molecule has 0 atom stereocenters. The number of piperidine rings is 1. The number of hydrogen-bond donors (Lipinski definition) is 2. The summed E-state index contributed by atoms with van der Waals surface area (Å²) in [4.78, 5) is 11.3. The molecule has 0 aliphatic carbocycles. The van der Waals surface area contributed by atoms with E-state index in [1.165, 1.54) is 18.5 Å². The molecule has 1 aliphatic rings. The van der Waals surface area contributed by atoms with Gasteiger partial charge >= 0.3 is 0 Å². The van der Waals surface area contributed by atoms with Crippen molar-refractivity contribution in [3.8, 4) is 0 Å². The van der Waals surface area contributed by atoms with Crippen molar-refractivity contribution in [3.05, 3.63) is 48.7 Å². The van der Waals surface area contributed by atoms with Crippen LogP contribution in [0.3, 0.4) is 0 Å². The van der Waals surface area contributed by atoms with E-state index in [1.807, 2.05) is 24.5 Å². The standard InChI is InChI=1S/C22H33N5O/c1-18(2)16-25-22(24-12-7-21-4-3-15-28-21)26-17-19-8-13-27(14-9-19)20-5-10-23-11-6-20/h3-6,10-11,15,18-19H,7-9,12-14,16-17H2,1-2H3,(H2,24,25,26). The van der Waals surface area contributed by atoms with E-state index in [4.69, 9.17) is 9.41 Å². The van der Waals surface area contributed by atoms with Gasteiger partial charge in [-0.2, -0.15) is 0 Å². The van der Waals surface area contributed by atoms with Gasteiger partial charge in [0.05, 0.1) is 6.26 Å². The van der Waals surface area contributed by atoms with Crippen LogP contribution >= 0.6 is 0 Å². The number of nitrogens with zero attached hydrogens (tertiary/aromatic N) is 3. The van der Waals surface area contributed by atoms with Crippen LogP contribution in [0, 0.1) is 11.8 Å². The highest BCUT2D eigenvalue weighted by molar-refractivity contribution is 5.79. The van der Waals surface area contributed by atoms with Gasteiger partial charge in [-0.1, -0.05) is 13.8 Å². The Morgan fingerprint density at radius 1 is 1.21 bits per heavy atom. The van der Waals surface area contributed by atoms with Crippen LogP contribution in [0.15, 0.2) is 52.3 Å². The highest BCUT2D eigenvalue weighted by Gasteiger charge is 2.19. The van der Waals surface area contributed by atoms with Crippen LogP contribution in [-0.4, -0.2) is 43.7 Å². The van der Waals surface area contributed by atoms with Crippen LogP contribution in [0.2, 0.25) is 0 Å². The second-order valence-electron chi connectivity index (χ2n) is 7.86. The predicted octanol–water partition coefficient (Wildman–Crippen LogP) is 3.32. The topological polar surface area (TPSA) is 65.7 Å². The smallest absolute Gasteiger partial charge is 0.191 e. The largest absolute Gasteiger partial charge is 0.469 e. The first-order valence-electron chi connectivity index (χ1n) is 10.4. The van der Waals surface area contributed by atoms with Crippen LogP contribution in [0.4, 0.5) is 5.69 Å². The Labute approximate surface area is 168 Å². The normalized spacial score (nSPS) is 15.8. The van der Waals surface area contributed by atoms with Crippen molar-refractivity contribution in [1.82, 2.24) is 15.6 Å². The summed E-state index contributed by atoms with van der Waals surface area (Å²) in [5, 5.41) is 7.01. The summed E-state index contributed by atoms with van der Waals surface area (Å²) >= 11 is 0. The minimum absolute atomic E-state index is 0.548. The van der Waals surface area contributed by atoms with E-state index in [2.05, 4.69) is 46.5 Å². The molecule has 3 rings (SSSR count). The molecule has 0 radical (unpaired) electrons. The van der Waals surface area contributed by atoms with Gasteiger partial charge in [-0.05, 0) is 48.9 Å². The number of aromatic nitrogens is 1. The number of nitrogens with one attached hydrogen (secondary N) is 2. The van der Waals surface area contributed by atoms with Crippen molar-refractivity contribution in [1.29, 1.82) is 0 Å². The van der Waals surface area contributed by atoms with Crippen LogP contribution in [-0.2, 0) is 6.42 Å². The Balaban J connectivity index is 1.43. The molecule has 152 valence electrons. The summed E-state index contributed by atoms with van der Waals surface area (Å²) in [6.45, 7) is 9.20. The first kappa shape index (κ1) is 20.2. The molecule has 0 aromatic carbocycles. The molecule has 1 fully saturated rings. The van der Waals surface area contributed by atoms with Crippen LogP contribution in [0.5, 0.6) is 0 Å². The van der Waals surface area contributed by atoms with Gasteiger partial charge in [-0.3, -0.25) is 9.98 Å². The zero-order valence-corrected chi connectivity index (χ0v) is 17.1. The molecule has 0 bridgehead atoms. The van der Waals surface area contributed by atoms with Crippen molar-refractivity contribution in [2.24, 2.45) is 16.8 Å². The molecule has 6 heteroatoms. The Kier molecular flexibility index (Phi) is 7.76. The van der Waals surface area contributed by atoms with E-state index in [0.29, 0.717) is 11.8 Å². The highest BCUT2D eigenvalue weighted by atomic mass is 16.3. The van der Waals surface area contributed by atoms with Crippen molar-refractivity contribution < 1.29 is 4.42 Å². The van der Waals surface area contributed by atoms with E-state index in [0.717, 1.165) is 50.9 Å². The molecular formula is C22H33N5O. The lowest BCUT2D eigenvalue weighted by atomic mass is 9.96. The summed E-state index contributed by atoms with van der Waals surface area (Å²) in [7, 11) is 0. The second kappa shape index (κ2) is 10.7. The number of rotatable bonds is 8. The maximum atomic E-state index is 5.41. The maximum absolute atomic E-state index is 5.41. The molecule has 1 saturated heterocycles. The lowest BCUT2D eigenvalue weighted by molar-refractivity contribution is 0.400. The van der Waals surface area contributed by atoms with Crippen molar-refractivity contribution in [3.63, 3.8) is 0 Å². The highest BCUT2D eigenvalue weighted by Crippen LogP contribution is 2.22. The van der Waals surface area contributed by atoms with Gasteiger partial charge in [0.1, 0.15) is 5.76 Å². The van der Waals surface area contributed by atoms with E-state index in [1.54, 1.807) is 6.26 Å². The van der Waals surface area contributed by atoms with E-state index in [9.17, 15) is 0 Å². The van der Waals surface area contributed by atoms with E-state index >= 15 is 0 Å². The first-order valence-corrected chi connectivity index (χ1v) is 10.4. The van der Waals surface area contributed by atoms with Gasteiger partial charge in [-0.15, -0.1) is 0 Å². The number of furan rings is 1. The lowest BCUT2D eigenvalue weighted by Gasteiger charge is -2.33. The summed E-state index contributed by atoms with van der Waals surface area (Å²) in [5.74, 6) is 3.14. The molecular weight excluding hydrogens is 350 g/mol. The van der Waals surface area contributed by atoms with Crippen molar-refractivity contribution >= 4 is 11.6 Å². The summed E-state index contributed by atoms with van der Waals surface area (Å²) < 4.78 is 5.41. The third-order valence-corrected chi connectivity index (χ3v) is 5.06. The Bertz CT molecular complexity index is 691. The molecule has 0 spiro atoms. The van der Waals surface area contributed by atoms with Crippen LogP contribution < -0.4 is 15.5 Å². The molecule has 0 amide bonds. The minimum Gasteiger partial charge on any atom is -0.469 e. The average molecular weight is 384 g/mol. The SMILES string of the molecule is CC(C)CN=C(NCCc1ccco1)NCC1CCN(c2ccncc2)CC1. The number of hydrogen-bond acceptors (Lipinski definition) is 4. The lowest BCUT2D eigenvalue weighted by Crippen LogP contribution is -2.43. The summed E-state index contributed by atoms with van der Waals surface area (Å²) in [5.41, 5.74) is 1.28. The molecule has 1 aliphatic heterocycles. The fourth-order valence-corrected chi connectivity index (χ4v) is 3.40. The Hall–Kier alpha value is -2.50. The zero-order valence-electron chi connectivity index (χ0n) is 17.1. The fourth-order valence-electron chi connectivity index (χ4n) is 3.40. The molecule has 0 unspecified atom stereocenters. The van der Waals surface area contributed by atoms with Crippen molar-refractivity contribution in [2.45, 2.75) is 33.1 Å². The van der Waals surface area contributed by atoms with Gasteiger partial charge in [0.15, 0.2) is 5.96 Å². The van der Waals surface area contributed by atoms with Gasteiger partial charge < -0.3 is 20.0 Å². The molecule has 28 heavy (non-hydrogen) atoms. The van der Waals surface area contributed by atoms with Crippen molar-refractivity contribution in [2.75, 3.05) is 37.6 Å². The zero-order chi connectivity index (χ0) is 19.6. The second-order valence-corrected chi connectivity index (χ2v) is 7.86. The van der Waals surface area contributed by atoms with Gasteiger partial charge in [0.25, 0.3) is 0 Å². The number of guanidine groups is 1. The number of aliphatic imine (C=N–C) groups is 1. The van der Waals surface area contributed by atoms with Crippen LogP contribution in [0.25, 0.3) is 0 Å². The fraction of sp³-hybridized carbons (Fsp3) is 0.545. The third kappa shape index (κ3) is 6.59. The Morgan fingerprint density at radius 3 is 2.68 bits per heavy atom. The molecule has 0 saturated carbocycles. The summed E-state index contributed by atoms with van der Waals surface area (Å²) in [6, 6.07) is 8.13. The minimum atomic E-state index is 0.548. The molecule has 2 aromatic heterocycles. The third-order valence-electron chi connectivity index (χ3n) is 5.06. The molecule has 2 aromatic rings. The van der Waals surface area contributed by atoms with E-state index in [-0.39, 0.29) is 0 Å². The molecule has 2 N–H and O–H groups in total. The number of pyridine rings is 1. The van der Waals surface area contributed by atoms with Crippen LogP contribution in [0.1, 0.15) is 32.4 Å². The maximum Gasteiger partial charge on any atom is 0.191 e. The first-order chi connectivity index (χ1) is 13.7. The molecule has 3 heterocycles. The molecule has 6 nitrogen and oxygen atoms in total. The summed E-state index contributed by atoms with van der Waals surface area (Å²) in [6.07, 6.45) is 8.71. The predicted molar refractivity (Wildman–Crippen MR) is 115 cm³/mol.